The minimum Gasteiger partial charge on any atom is -0.345 e. The third-order valence-electron chi connectivity index (χ3n) is 5.22. The standard InChI is InChI=1S/C26H25N5O2S/c1-31-18-27-30-26(31)34-17-24(32)28-22-14-12-21(13-15-22)25(33)29-23(20-10-6-3-7-11-20)16-19-8-4-2-5-9-19/h2-15,18,23H,16-17H2,1H3,(H,28,32)(H,29,33)/t23-/m1/s1. The highest BCUT2D eigenvalue weighted by Gasteiger charge is 2.17. The van der Waals surface area contributed by atoms with E-state index in [1.54, 1.807) is 35.2 Å². The van der Waals surface area contributed by atoms with Crippen molar-refractivity contribution in [3.8, 4) is 0 Å². The zero-order valence-electron chi connectivity index (χ0n) is 18.7. The Morgan fingerprint density at radius 1 is 0.941 bits per heavy atom. The van der Waals surface area contributed by atoms with Crippen molar-refractivity contribution in [2.24, 2.45) is 7.05 Å². The highest BCUT2D eigenvalue weighted by molar-refractivity contribution is 7.99. The van der Waals surface area contributed by atoms with E-state index in [1.807, 2.05) is 55.6 Å². The third kappa shape index (κ3) is 6.32. The van der Waals surface area contributed by atoms with Gasteiger partial charge in [-0.25, -0.2) is 0 Å². The van der Waals surface area contributed by atoms with Gasteiger partial charge in [-0.2, -0.15) is 0 Å². The van der Waals surface area contributed by atoms with Gasteiger partial charge in [0.15, 0.2) is 5.16 Å². The SMILES string of the molecule is Cn1cnnc1SCC(=O)Nc1ccc(C(=O)N[C@H](Cc2ccccc2)c2ccccc2)cc1. The zero-order chi connectivity index (χ0) is 23.8. The molecule has 0 fully saturated rings. The van der Waals surface area contributed by atoms with Crippen molar-refractivity contribution >= 4 is 29.3 Å². The Bertz CT molecular complexity index is 1230. The van der Waals surface area contributed by atoms with E-state index < -0.39 is 0 Å². The zero-order valence-corrected chi connectivity index (χ0v) is 19.5. The second-order valence-electron chi connectivity index (χ2n) is 7.77. The minimum atomic E-state index is -0.166. The molecule has 0 spiro atoms. The van der Waals surface area contributed by atoms with Gasteiger partial charge in [0.25, 0.3) is 5.91 Å². The summed E-state index contributed by atoms with van der Waals surface area (Å²) in [6.45, 7) is 0. The summed E-state index contributed by atoms with van der Waals surface area (Å²) in [5.74, 6) is -0.106. The second-order valence-corrected chi connectivity index (χ2v) is 8.71. The molecule has 1 heterocycles. The molecule has 4 rings (SSSR count). The first kappa shape index (κ1) is 23.3. The molecule has 7 nitrogen and oxygen atoms in total. The molecule has 0 bridgehead atoms. The summed E-state index contributed by atoms with van der Waals surface area (Å²) in [5.41, 5.74) is 3.35. The summed E-state index contributed by atoms with van der Waals surface area (Å²) in [4.78, 5) is 25.2. The summed E-state index contributed by atoms with van der Waals surface area (Å²) >= 11 is 1.31. The molecule has 0 saturated carbocycles. The monoisotopic (exact) mass is 471 g/mol. The molecule has 0 unspecified atom stereocenters. The van der Waals surface area contributed by atoms with Crippen LogP contribution >= 0.6 is 11.8 Å². The van der Waals surface area contributed by atoms with Gasteiger partial charge in [0, 0.05) is 18.3 Å². The van der Waals surface area contributed by atoms with Gasteiger partial charge >= 0.3 is 0 Å². The van der Waals surface area contributed by atoms with Gasteiger partial charge < -0.3 is 15.2 Å². The summed E-state index contributed by atoms with van der Waals surface area (Å²) in [5, 5.41) is 14.4. The van der Waals surface area contributed by atoms with Crippen LogP contribution in [0.5, 0.6) is 0 Å². The van der Waals surface area contributed by atoms with Crippen LogP contribution in [-0.2, 0) is 18.3 Å². The average Bonchev–Trinajstić information content (AvgIpc) is 3.28. The summed E-state index contributed by atoms with van der Waals surface area (Å²) in [6, 6.07) is 26.8. The Kier molecular flexibility index (Phi) is 7.72. The number of amides is 2. The molecule has 172 valence electrons. The lowest BCUT2D eigenvalue weighted by Gasteiger charge is -2.20. The molecule has 0 aliphatic carbocycles. The fraction of sp³-hybridized carbons (Fsp3) is 0.154. The molecule has 1 aromatic heterocycles. The number of thioether (sulfide) groups is 1. The molecule has 0 saturated heterocycles. The predicted octanol–water partition coefficient (Wildman–Crippen LogP) is 4.26. The van der Waals surface area contributed by atoms with Crippen LogP contribution in [-0.4, -0.2) is 32.3 Å². The first-order chi connectivity index (χ1) is 16.6. The van der Waals surface area contributed by atoms with E-state index in [1.165, 1.54) is 11.8 Å². The molecule has 2 amide bonds. The summed E-state index contributed by atoms with van der Waals surface area (Å²) in [7, 11) is 1.83. The molecule has 2 N–H and O–H groups in total. The van der Waals surface area contributed by atoms with Crippen molar-refractivity contribution in [1.82, 2.24) is 20.1 Å². The molecule has 4 aromatic rings. The molecule has 0 aliphatic rings. The van der Waals surface area contributed by atoms with Gasteiger partial charge in [-0.3, -0.25) is 9.59 Å². The van der Waals surface area contributed by atoms with E-state index in [0.717, 1.165) is 11.1 Å². The molecular formula is C26H25N5O2S. The summed E-state index contributed by atoms with van der Waals surface area (Å²) < 4.78 is 1.76. The van der Waals surface area contributed by atoms with Crippen LogP contribution in [0.1, 0.15) is 27.5 Å². The maximum atomic E-state index is 13.0. The fourth-order valence-corrected chi connectivity index (χ4v) is 4.15. The van der Waals surface area contributed by atoms with E-state index in [-0.39, 0.29) is 23.6 Å². The highest BCUT2D eigenvalue weighted by Crippen LogP contribution is 2.20. The van der Waals surface area contributed by atoms with Gasteiger partial charge in [0.1, 0.15) is 6.33 Å². The Labute approximate surface area is 202 Å². The molecule has 0 aliphatic heterocycles. The molecule has 8 heteroatoms. The van der Waals surface area contributed by atoms with E-state index in [4.69, 9.17) is 0 Å². The number of benzene rings is 3. The quantitative estimate of drug-likeness (QED) is 0.356. The predicted molar refractivity (Wildman–Crippen MR) is 134 cm³/mol. The number of carbonyl (C=O) groups is 2. The number of aromatic nitrogens is 3. The lowest BCUT2D eigenvalue weighted by atomic mass is 9.98. The van der Waals surface area contributed by atoms with Crippen LogP contribution in [0.25, 0.3) is 0 Å². The molecular weight excluding hydrogens is 446 g/mol. The first-order valence-corrected chi connectivity index (χ1v) is 11.8. The second kappa shape index (κ2) is 11.3. The van der Waals surface area contributed by atoms with Crippen LogP contribution in [0.15, 0.2) is 96.4 Å². The Morgan fingerprint density at radius 2 is 1.62 bits per heavy atom. The highest BCUT2D eigenvalue weighted by atomic mass is 32.2. The van der Waals surface area contributed by atoms with E-state index >= 15 is 0 Å². The van der Waals surface area contributed by atoms with Crippen LogP contribution in [0.3, 0.4) is 0 Å². The van der Waals surface area contributed by atoms with Crippen LogP contribution in [0, 0.1) is 0 Å². The van der Waals surface area contributed by atoms with Crippen LogP contribution < -0.4 is 10.6 Å². The fourth-order valence-electron chi connectivity index (χ4n) is 3.46. The summed E-state index contributed by atoms with van der Waals surface area (Å²) in [6.07, 6.45) is 2.28. The smallest absolute Gasteiger partial charge is 0.251 e. The van der Waals surface area contributed by atoms with Crippen LogP contribution in [0.2, 0.25) is 0 Å². The van der Waals surface area contributed by atoms with Crippen molar-refractivity contribution in [2.45, 2.75) is 17.6 Å². The van der Waals surface area contributed by atoms with Gasteiger partial charge in [-0.15, -0.1) is 10.2 Å². The minimum absolute atomic E-state index is 0.155. The first-order valence-electron chi connectivity index (χ1n) is 10.8. The van der Waals surface area contributed by atoms with Crippen molar-refractivity contribution in [3.63, 3.8) is 0 Å². The molecule has 0 radical (unpaired) electrons. The van der Waals surface area contributed by atoms with Crippen molar-refractivity contribution < 1.29 is 9.59 Å². The van der Waals surface area contributed by atoms with Crippen molar-refractivity contribution in [2.75, 3.05) is 11.1 Å². The normalized spacial score (nSPS) is 11.6. The number of hydrogen-bond donors (Lipinski definition) is 2. The number of aryl methyl sites for hydroxylation is 1. The van der Waals surface area contributed by atoms with Gasteiger partial charge in [-0.1, -0.05) is 72.4 Å². The van der Waals surface area contributed by atoms with E-state index in [9.17, 15) is 9.59 Å². The molecule has 34 heavy (non-hydrogen) atoms. The van der Waals surface area contributed by atoms with Gasteiger partial charge in [-0.05, 0) is 41.8 Å². The van der Waals surface area contributed by atoms with Gasteiger partial charge in [0.2, 0.25) is 5.91 Å². The number of nitrogens with one attached hydrogen (secondary N) is 2. The number of carbonyl (C=O) groups excluding carboxylic acids is 2. The maximum Gasteiger partial charge on any atom is 0.251 e. The van der Waals surface area contributed by atoms with Crippen molar-refractivity contribution in [3.05, 3.63) is 108 Å². The topological polar surface area (TPSA) is 88.9 Å². The van der Waals surface area contributed by atoms with E-state index in [0.29, 0.717) is 22.8 Å². The number of hydrogen-bond acceptors (Lipinski definition) is 5. The number of nitrogens with zero attached hydrogens (tertiary/aromatic N) is 3. The third-order valence-corrected chi connectivity index (χ3v) is 6.26. The molecule has 1 atom stereocenters. The number of anilines is 1. The Balaban J connectivity index is 1.37. The molecule has 3 aromatic carbocycles. The average molecular weight is 472 g/mol. The van der Waals surface area contributed by atoms with E-state index in [2.05, 4.69) is 33.0 Å². The Hall–Kier alpha value is -3.91. The van der Waals surface area contributed by atoms with Crippen molar-refractivity contribution in [1.29, 1.82) is 0 Å². The lowest BCUT2D eigenvalue weighted by Crippen LogP contribution is -2.30. The Morgan fingerprint density at radius 3 is 2.26 bits per heavy atom. The number of rotatable bonds is 9. The largest absolute Gasteiger partial charge is 0.345 e. The van der Waals surface area contributed by atoms with Gasteiger partial charge in [0.05, 0.1) is 11.8 Å². The van der Waals surface area contributed by atoms with Crippen LogP contribution in [0.4, 0.5) is 5.69 Å². The maximum absolute atomic E-state index is 13.0. The lowest BCUT2D eigenvalue weighted by molar-refractivity contribution is -0.113.